The molecule has 0 radical (unpaired) electrons. The van der Waals surface area contributed by atoms with E-state index in [4.69, 9.17) is 23.2 Å². The lowest BCUT2D eigenvalue weighted by molar-refractivity contribution is -0.116. The first kappa shape index (κ1) is 22.2. The van der Waals surface area contributed by atoms with E-state index in [2.05, 4.69) is 5.32 Å². The summed E-state index contributed by atoms with van der Waals surface area (Å²) in [4.78, 5) is 26.6. The molecule has 1 N–H and O–H groups in total. The van der Waals surface area contributed by atoms with E-state index >= 15 is 0 Å². The van der Waals surface area contributed by atoms with E-state index in [1.54, 1.807) is 12.1 Å². The van der Waals surface area contributed by atoms with Gasteiger partial charge in [-0.15, -0.1) is 0 Å². The predicted molar refractivity (Wildman–Crippen MR) is 111 cm³/mol. The van der Waals surface area contributed by atoms with Crippen molar-refractivity contribution in [2.45, 2.75) is 18.2 Å². The molecule has 0 saturated carbocycles. The molecule has 0 aliphatic rings. The van der Waals surface area contributed by atoms with Crippen molar-refractivity contribution in [1.82, 2.24) is 4.90 Å². The average Bonchev–Trinajstić information content (AvgIpc) is 2.62. The highest BCUT2D eigenvalue weighted by atomic mass is 35.5. The summed E-state index contributed by atoms with van der Waals surface area (Å²) in [5.41, 5.74) is 0.590. The second-order valence-electron chi connectivity index (χ2n) is 6.20. The Morgan fingerprint density at radius 3 is 2.43 bits per heavy atom. The highest BCUT2D eigenvalue weighted by Crippen LogP contribution is 2.25. The van der Waals surface area contributed by atoms with Gasteiger partial charge in [0, 0.05) is 23.4 Å². The fourth-order valence-corrected chi connectivity index (χ4v) is 3.64. The van der Waals surface area contributed by atoms with E-state index in [0.717, 1.165) is 6.26 Å². The van der Waals surface area contributed by atoms with E-state index in [9.17, 15) is 18.0 Å². The fourth-order valence-electron chi connectivity index (χ4n) is 2.52. The van der Waals surface area contributed by atoms with Crippen molar-refractivity contribution in [1.29, 1.82) is 0 Å². The van der Waals surface area contributed by atoms with E-state index < -0.39 is 21.7 Å². The van der Waals surface area contributed by atoms with Gasteiger partial charge in [-0.05, 0) is 42.8 Å². The van der Waals surface area contributed by atoms with Gasteiger partial charge in [0.05, 0.1) is 15.6 Å². The second kappa shape index (κ2) is 9.41. The second-order valence-corrected chi connectivity index (χ2v) is 9.06. The molecule has 0 spiro atoms. The van der Waals surface area contributed by atoms with Crippen LogP contribution in [0.5, 0.6) is 0 Å². The zero-order chi connectivity index (χ0) is 20.9. The summed E-state index contributed by atoms with van der Waals surface area (Å²) in [5, 5.41) is 3.38. The van der Waals surface area contributed by atoms with Gasteiger partial charge in [0.1, 0.15) is 6.54 Å². The number of sulfone groups is 1. The van der Waals surface area contributed by atoms with E-state index in [1.807, 2.05) is 6.92 Å². The van der Waals surface area contributed by atoms with Crippen molar-refractivity contribution >= 4 is 50.5 Å². The first-order chi connectivity index (χ1) is 13.1. The molecule has 0 unspecified atom stereocenters. The van der Waals surface area contributed by atoms with Crippen LogP contribution in [0.4, 0.5) is 5.69 Å². The third-order valence-corrected chi connectivity index (χ3v) is 5.49. The van der Waals surface area contributed by atoms with Crippen LogP contribution in [0.3, 0.4) is 0 Å². The van der Waals surface area contributed by atoms with Gasteiger partial charge in [-0.2, -0.15) is 0 Å². The minimum absolute atomic E-state index is 0.0483. The monoisotopic (exact) mass is 442 g/mol. The first-order valence-corrected chi connectivity index (χ1v) is 11.1. The number of carbonyl (C=O) groups excluding carboxylic acids is 2. The molecule has 0 fully saturated rings. The van der Waals surface area contributed by atoms with Crippen molar-refractivity contribution in [3.63, 3.8) is 0 Å². The van der Waals surface area contributed by atoms with Crippen LogP contribution in [-0.2, 0) is 14.6 Å². The zero-order valence-electron chi connectivity index (χ0n) is 15.4. The molecule has 0 heterocycles. The van der Waals surface area contributed by atoms with Crippen LogP contribution in [0.1, 0.15) is 23.7 Å². The van der Waals surface area contributed by atoms with E-state index in [1.165, 1.54) is 35.2 Å². The Hall–Kier alpha value is -2.09. The summed E-state index contributed by atoms with van der Waals surface area (Å²) in [7, 11) is -3.44. The molecule has 2 amide bonds. The standard InChI is InChI=1S/C19H20Cl2N2O4S/c1-3-9-23(12-18(24)22-17-8-7-14(20)11-16(17)21)19(25)13-5-4-6-15(10-13)28(2,26)27/h4-8,10-11H,3,9,12H2,1-2H3,(H,22,24). The third kappa shape index (κ3) is 5.95. The van der Waals surface area contributed by atoms with Gasteiger partial charge < -0.3 is 10.2 Å². The number of rotatable bonds is 7. The smallest absolute Gasteiger partial charge is 0.254 e. The lowest BCUT2D eigenvalue weighted by Crippen LogP contribution is -2.38. The summed E-state index contributed by atoms with van der Waals surface area (Å²) in [5.74, 6) is -0.852. The zero-order valence-corrected chi connectivity index (χ0v) is 17.7. The molecule has 6 nitrogen and oxygen atoms in total. The summed E-state index contributed by atoms with van der Waals surface area (Å²) in [6.45, 7) is 2.01. The summed E-state index contributed by atoms with van der Waals surface area (Å²) in [6, 6.07) is 10.4. The Labute approximate surface area is 174 Å². The first-order valence-electron chi connectivity index (χ1n) is 8.46. The van der Waals surface area contributed by atoms with Crippen LogP contribution in [0.25, 0.3) is 0 Å². The largest absolute Gasteiger partial charge is 0.329 e. The average molecular weight is 443 g/mol. The van der Waals surface area contributed by atoms with Gasteiger partial charge in [-0.1, -0.05) is 36.2 Å². The molecule has 0 aliphatic carbocycles. The number of hydrogen-bond donors (Lipinski definition) is 1. The number of nitrogens with zero attached hydrogens (tertiary/aromatic N) is 1. The molecule has 0 aliphatic heterocycles. The van der Waals surface area contributed by atoms with Crippen LogP contribution < -0.4 is 5.32 Å². The quantitative estimate of drug-likeness (QED) is 0.704. The molecule has 2 rings (SSSR count). The van der Waals surface area contributed by atoms with E-state index in [0.29, 0.717) is 23.7 Å². The Balaban J connectivity index is 2.18. The summed E-state index contributed by atoms with van der Waals surface area (Å²) in [6.07, 6.45) is 1.70. The van der Waals surface area contributed by atoms with Crippen LogP contribution in [0.15, 0.2) is 47.4 Å². The maximum absolute atomic E-state index is 12.8. The predicted octanol–water partition coefficient (Wildman–Crippen LogP) is 3.89. The minimum Gasteiger partial charge on any atom is -0.329 e. The van der Waals surface area contributed by atoms with Gasteiger partial charge in [0.15, 0.2) is 9.84 Å². The molecule has 2 aromatic carbocycles. The van der Waals surface area contributed by atoms with Gasteiger partial charge in [-0.25, -0.2) is 8.42 Å². The number of halogens is 2. The number of hydrogen-bond acceptors (Lipinski definition) is 4. The third-order valence-electron chi connectivity index (χ3n) is 3.83. The topological polar surface area (TPSA) is 83.6 Å². The molecular formula is C19H20Cl2N2O4S. The summed E-state index contributed by atoms with van der Waals surface area (Å²) >= 11 is 11.9. The van der Waals surface area contributed by atoms with Crippen molar-refractivity contribution in [3.05, 3.63) is 58.1 Å². The van der Waals surface area contributed by atoms with Crippen LogP contribution in [-0.4, -0.2) is 44.5 Å². The van der Waals surface area contributed by atoms with Gasteiger partial charge >= 0.3 is 0 Å². The fraction of sp³-hybridized carbons (Fsp3) is 0.263. The number of carbonyl (C=O) groups is 2. The molecule has 0 atom stereocenters. The van der Waals surface area contributed by atoms with Crippen LogP contribution >= 0.6 is 23.2 Å². The Kier molecular flexibility index (Phi) is 7.46. The van der Waals surface area contributed by atoms with Crippen molar-refractivity contribution in [2.24, 2.45) is 0 Å². The van der Waals surface area contributed by atoms with E-state index in [-0.39, 0.29) is 22.0 Å². The Bertz CT molecular complexity index is 993. The number of amides is 2. The van der Waals surface area contributed by atoms with Crippen LogP contribution in [0, 0.1) is 0 Å². The molecule has 0 bridgehead atoms. The summed E-state index contributed by atoms with van der Waals surface area (Å²) < 4.78 is 23.5. The van der Waals surface area contributed by atoms with Crippen molar-refractivity contribution in [3.8, 4) is 0 Å². The van der Waals surface area contributed by atoms with Crippen molar-refractivity contribution in [2.75, 3.05) is 24.7 Å². The molecule has 0 aromatic heterocycles. The molecule has 150 valence electrons. The normalized spacial score (nSPS) is 11.1. The Morgan fingerprint density at radius 1 is 1.11 bits per heavy atom. The molecule has 0 saturated heterocycles. The lowest BCUT2D eigenvalue weighted by atomic mass is 10.2. The molecule has 9 heteroatoms. The minimum atomic E-state index is -3.44. The highest BCUT2D eigenvalue weighted by molar-refractivity contribution is 7.90. The van der Waals surface area contributed by atoms with Gasteiger partial charge in [0.25, 0.3) is 5.91 Å². The van der Waals surface area contributed by atoms with Gasteiger partial charge in [0.2, 0.25) is 5.91 Å². The maximum Gasteiger partial charge on any atom is 0.254 e. The highest BCUT2D eigenvalue weighted by Gasteiger charge is 2.20. The van der Waals surface area contributed by atoms with Gasteiger partial charge in [-0.3, -0.25) is 9.59 Å². The van der Waals surface area contributed by atoms with Crippen molar-refractivity contribution < 1.29 is 18.0 Å². The van der Waals surface area contributed by atoms with Crippen LogP contribution in [0.2, 0.25) is 10.0 Å². The number of anilines is 1. The SMILES string of the molecule is CCCN(CC(=O)Nc1ccc(Cl)cc1Cl)C(=O)c1cccc(S(C)(=O)=O)c1. The molecular weight excluding hydrogens is 423 g/mol. The lowest BCUT2D eigenvalue weighted by Gasteiger charge is -2.22. The number of benzene rings is 2. The molecule has 2 aromatic rings. The molecule has 28 heavy (non-hydrogen) atoms. The number of nitrogens with one attached hydrogen (secondary N) is 1. The Morgan fingerprint density at radius 2 is 1.82 bits per heavy atom. The maximum atomic E-state index is 12.8.